The molecule has 0 spiro atoms. The number of hydrogen-bond acceptors (Lipinski definition) is 7. The van der Waals surface area contributed by atoms with E-state index in [0.717, 1.165) is 17.8 Å². The molecular formula is C26H27F3N10O2. The first kappa shape index (κ1) is 27.8. The van der Waals surface area contributed by atoms with Crippen molar-refractivity contribution in [3.8, 4) is 0 Å². The van der Waals surface area contributed by atoms with Crippen LogP contribution in [0.25, 0.3) is 5.65 Å². The maximum absolute atomic E-state index is 13.5. The molecule has 0 saturated carbocycles. The van der Waals surface area contributed by atoms with Crippen LogP contribution in [0.5, 0.6) is 0 Å². The lowest BCUT2D eigenvalue weighted by Crippen LogP contribution is -2.50. The predicted molar refractivity (Wildman–Crippen MR) is 143 cm³/mol. The third kappa shape index (κ3) is 5.61. The van der Waals surface area contributed by atoms with Crippen molar-refractivity contribution < 1.29 is 23.1 Å². The van der Waals surface area contributed by atoms with Crippen molar-refractivity contribution in [1.82, 2.24) is 39.2 Å². The molecule has 41 heavy (non-hydrogen) atoms. The van der Waals surface area contributed by atoms with Gasteiger partial charge in [-0.15, -0.1) is 0 Å². The fourth-order valence-electron chi connectivity index (χ4n) is 4.74. The van der Waals surface area contributed by atoms with Crippen LogP contribution in [0.2, 0.25) is 0 Å². The number of aliphatic hydroxyl groups excluding tert-OH is 1. The van der Waals surface area contributed by atoms with Gasteiger partial charge in [0.2, 0.25) is 0 Å². The van der Waals surface area contributed by atoms with Crippen molar-refractivity contribution in [2.75, 3.05) is 26.2 Å². The van der Waals surface area contributed by atoms with E-state index in [-0.39, 0.29) is 30.6 Å². The van der Waals surface area contributed by atoms with Crippen molar-refractivity contribution in [3.05, 3.63) is 83.6 Å². The summed E-state index contributed by atoms with van der Waals surface area (Å²) < 4.78 is 42.9. The molecule has 2 N–H and O–H groups in total. The SMILES string of the molecule is C=N/C(=N\C(=C/C)N1CCN(C(=O)c2cnn(CCO)c2)C(c2cn[nH]c2)C1)c1cnc2ccc(C(F)(F)F)cn12. The molecule has 5 rings (SSSR count). The molecule has 5 heterocycles. The predicted octanol–water partition coefficient (Wildman–Crippen LogP) is 2.77. The number of amides is 1. The highest BCUT2D eigenvalue weighted by Crippen LogP contribution is 2.31. The highest BCUT2D eigenvalue weighted by atomic mass is 19.4. The molecule has 214 valence electrons. The summed E-state index contributed by atoms with van der Waals surface area (Å²) in [4.78, 5) is 30.0. The van der Waals surface area contributed by atoms with Crippen LogP contribution >= 0.6 is 0 Å². The number of amidine groups is 1. The number of alkyl halides is 3. The Labute approximate surface area is 232 Å². The normalized spacial score (nSPS) is 17.0. The van der Waals surface area contributed by atoms with Gasteiger partial charge >= 0.3 is 6.18 Å². The number of carbonyl (C=O) groups excluding carboxylic acids is 1. The smallest absolute Gasteiger partial charge is 0.394 e. The van der Waals surface area contributed by atoms with Gasteiger partial charge in [-0.2, -0.15) is 23.4 Å². The van der Waals surface area contributed by atoms with Crippen LogP contribution in [0.15, 0.2) is 71.2 Å². The van der Waals surface area contributed by atoms with Gasteiger partial charge in [-0.1, -0.05) is 0 Å². The van der Waals surface area contributed by atoms with Gasteiger partial charge in [0.15, 0.2) is 5.84 Å². The van der Waals surface area contributed by atoms with Crippen LogP contribution in [0.3, 0.4) is 0 Å². The number of halogens is 3. The van der Waals surface area contributed by atoms with Crippen LogP contribution < -0.4 is 0 Å². The zero-order valence-electron chi connectivity index (χ0n) is 22.0. The van der Waals surface area contributed by atoms with Gasteiger partial charge in [-0.05, 0) is 31.9 Å². The molecular weight excluding hydrogens is 541 g/mol. The van der Waals surface area contributed by atoms with Crippen LogP contribution in [0, 0.1) is 0 Å². The number of nitrogens with one attached hydrogen (secondary N) is 1. The van der Waals surface area contributed by atoms with Crippen molar-refractivity contribution in [2.24, 2.45) is 9.98 Å². The van der Waals surface area contributed by atoms with Gasteiger partial charge in [-0.3, -0.25) is 19.0 Å². The monoisotopic (exact) mass is 568 g/mol. The standard InChI is InChI=1S/C26H27F3N10O2/c1-3-22(35-24(30-2)20-13-31-23-5-4-19(15-39(20)23)26(27,28)29)36-6-7-38(21(16-36)17-10-32-33-11-17)25(41)18-12-34-37(14-18)8-9-40/h3-5,10-15,21,40H,2,6-9,16H2,1H3,(H,32,33)/b22-3+,35-24-. The highest BCUT2D eigenvalue weighted by Gasteiger charge is 2.34. The minimum absolute atomic E-state index is 0.0968. The second-order valence-corrected chi connectivity index (χ2v) is 9.24. The molecule has 0 aliphatic carbocycles. The van der Waals surface area contributed by atoms with Crippen molar-refractivity contribution in [1.29, 1.82) is 0 Å². The Kier molecular flexibility index (Phi) is 7.70. The number of fused-ring (bicyclic) bond motifs is 1. The van der Waals surface area contributed by atoms with E-state index < -0.39 is 17.8 Å². The van der Waals surface area contributed by atoms with Gasteiger partial charge in [0, 0.05) is 43.8 Å². The number of hydrogen-bond donors (Lipinski definition) is 2. The molecule has 1 unspecified atom stereocenters. The number of carbonyl (C=O) groups is 1. The number of aromatic amines is 1. The van der Waals surface area contributed by atoms with E-state index >= 15 is 0 Å². The first-order valence-corrected chi connectivity index (χ1v) is 12.7. The van der Waals surface area contributed by atoms with Gasteiger partial charge in [-0.25, -0.2) is 15.0 Å². The largest absolute Gasteiger partial charge is 0.417 e. The highest BCUT2D eigenvalue weighted by molar-refractivity contribution is 6.01. The molecule has 0 bridgehead atoms. The van der Waals surface area contributed by atoms with Gasteiger partial charge in [0.25, 0.3) is 5.91 Å². The lowest BCUT2D eigenvalue weighted by Gasteiger charge is -2.42. The van der Waals surface area contributed by atoms with Crippen molar-refractivity contribution in [2.45, 2.75) is 25.7 Å². The number of imidazole rings is 1. The number of rotatable bonds is 7. The molecule has 0 aromatic carbocycles. The molecule has 0 radical (unpaired) electrons. The summed E-state index contributed by atoms with van der Waals surface area (Å²) in [5.74, 6) is 0.385. The zero-order chi connectivity index (χ0) is 29.1. The van der Waals surface area contributed by atoms with E-state index in [1.165, 1.54) is 27.5 Å². The fraction of sp³-hybridized carbons (Fsp3) is 0.308. The molecule has 4 aromatic heterocycles. The summed E-state index contributed by atoms with van der Waals surface area (Å²) in [6, 6.07) is 1.85. The molecule has 12 nitrogen and oxygen atoms in total. The van der Waals surface area contributed by atoms with E-state index in [2.05, 4.69) is 37.0 Å². The van der Waals surface area contributed by atoms with E-state index in [1.54, 1.807) is 36.5 Å². The third-order valence-corrected chi connectivity index (χ3v) is 6.77. The molecule has 15 heteroatoms. The van der Waals surface area contributed by atoms with Crippen LogP contribution in [0.1, 0.15) is 40.1 Å². The number of H-pyrrole nitrogens is 1. The molecule has 1 atom stereocenters. The summed E-state index contributed by atoms with van der Waals surface area (Å²) >= 11 is 0. The van der Waals surface area contributed by atoms with Crippen LogP contribution in [0.4, 0.5) is 13.2 Å². The minimum atomic E-state index is -4.53. The Balaban J connectivity index is 1.43. The fourth-order valence-corrected chi connectivity index (χ4v) is 4.74. The molecule has 1 amide bonds. The lowest BCUT2D eigenvalue weighted by atomic mass is 10.0. The van der Waals surface area contributed by atoms with Gasteiger partial charge in [0.05, 0.1) is 48.9 Å². The van der Waals surface area contributed by atoms with Gasteiger partial charge in [0.1, 0.15) is 17.2 Å². The number of aliphatic hydroxyl groups is 1. The van der Waals surface area contributed by atoms with Crippen molar-refractivity contribution in [3.63, 3.8) is 0 Å². The maximum atomic E-state index is 13.5. The Morgan fingerprint density at radius 3 is 2.76 bits per heavy atom. The molecule has 1 aliphatic rings. The Bertz CT molecular complexity index is 1600. The zero-order valence-corrected chi connectivity index (χ0v) is 22.0. The number of nitrogens with zero attached hydrogens (tertiary/aromatic N) is 9. The number of aromatic nitrogens is 6. The van der Waals surface area contributed by atoms with Gasteiger partial charge < -0.3 is 14.9 Å². The molecule has 1 fully saturated rings. The van der Waals surface area contributed by atoms with Crippen LogP contribution in [-0.4, -0.2) is 89.0 Å². The number of piperazine rings is 1. The first-order valence-electron chi connectivity index (χ1n) is 12.7. The number of pyridine rings is 1. The van der Waals surface area contributed by atoms with E-state index in [9.17, 15) is 23.1 Å². The summed E-state index contributed by atoms with van der Waals surface area (Å²) in [5, 5.41) is 20.2. The quantitative estimate of drug-likeness (QED) is 0.260. The summed E-state index contributed by atoms with van der Waals surface area (Å²) in [5.41, 5.74) is 0.911. The lowest BCUT2D eigenvalue weighted by molar-refractivity contribution is -0.137. The van der Waals surface area contributed by atoms with Crippen molar-refractivity contribution >= 4 is 24.1 Å². The summed E-state index contributed by atoms with van der Waals surface area (Å²) in [7, 11) is 0. The maximum Gasteiger partial charge on any atom is 0.417 e. The molecule has 1 saturated heterocycles. The first-order chi connectivity index (χ1) is 19.7. The summed E-state index contributed by atoms with van der Waals surface area (Å²) in [6.45, 7) is 6.67. The number of allylic oxidation sites excluding steroid dienone is 1. The molecule has 1 aliphatic heterocycles. The average molecular weight is 569 g/mol. The van der Waals surface area contributed by atoms with Crippen LogP contribution in [-0.2, 0) is 12.7 Å². The average Bonchev–Trinajstić information content (AvgIpc) is 3.74. The second kappa shape index (κ2) is 11.4. The Morgan fingerprint density at radius 1 is 1.24 bits per heavy atom. The minimum Gasteiger partial charge on any atom is -0.394 e. The topological polar surface area (TPSA) is 132 Å². The van der Waals surface area contributed by atoms with E-state index in [1.807, 2.05) is 4.90 Å². The summed E-state index contributed by atoms with van der Waals surface area (Å²) in [6.07, 6.45) is 6.03. The Hall–Kier alpha value is -4.79. The number of aliphatic imine (C=N–C) groups is 2. The third-order valence-electron chi connectivity index (χ3n) is 6.77. The second-order valence-electron chi connectivity index (χ2n) is 9.24. The van der Waals surface area contributed by atoms with E-state index in [0.29, 0.717) is 36.7 Å². The Morgan fingerprint density at radius 2 is 2.07 bits per heavy atom. The molecule has 4 aromatic rings. The van der Waals surface area contributed by atoms with E-state index in [4.69, 9.17) is 0 Å².